The minimum Gasteiger partial charge on any atom is -0.409 e. The molecule has 0 aliphatic heterocycles. The molecule has 0 fully saturated rings. The van der Waals surface area contributed by atoms with Crippen molar-refractivity contribution in [2.45, 2.75) is 6.54 Å². The molecule has 0 radical (unpaired) electrons. The fourth-order valence-corrected chi connectivity index (χ4v) is 1.54. The molecule has 0 unspecified atom stereocenters. The van der Waals surface area contributed by atoms with E-state index in [-0.39, 0.29) is 5.84 Å². The first-order chi connectivity index (χ1) is 7.81. The predicted molar refractivity (Wildman–Crippen MR) is 60.3 cm³/mol. The number of benzene rings is 1. The van der Waals surface area contributed by atoms with Crippen LogP contribution in [-0.4, -0.2) is 20.6 Å². The molecule has 0 saturated carbocycles. The number of hydrogen-bond donors (Lipinski definition) is 2. The number of nitrogens with two attached hydrogens (primary N) is 1. The Morgan fingerprint density at radius 2 is 2.25 bits per heavy atom. The molecule has 1 aromatic heterocycles. The van der Waals surface area contributed by atoms with Crippen LogP contribution in [0.2, 0.25) is 0 Å². The van der Waals surface area contributed by atoms with Crippen LogP contribution < -0.4 is 5.73 Å². The van der Waals surface area contributed by atoms with E-state index in [1.807, 2.05) is 35.0 Å². The summed E-state index contributed by atoms with van der Waals surface area (Å²) in [4.78, 5) is 3.97. The first-order valence-electron chi connectivity index (χ1n) is 4.83. The lowest BCUT2D eigenvalue weighted by atomic mass is 10.1. The van der Waals surface area contributed by atoms with E-state index in [4.69, 9.17) is 10.9 Å². The molecule has 1 heterocycles. The summed E-state index contributed by atoms with van der Waals surface area (Å²) < 4.78 is 1.92. The van der Waals surface area contributed by atoms with Gasteiger partial charge >= 0.3 is 0 Å². The highest BCUT2D eigenvalue weighted by Gasteiger charge is 2.06. The van der Waals surface area contributed by atoms with Gasteiger partial charge in [0, 0.05) is 24.5 Å². The minimum absolute atomic E-state index is 0.121. The second kappa shape index (κ2) is 4.48. The maximum Gasteiger partial charge on any atom is 0.170 e. The monoisotopic (exact) mass is 216 g/mol. The van der Waals surface area contributed by atoms with Gasteiger partial charge in [-0.3, -0.25) is 0 Å². The minimum atomic E-state index is 0.121. The second-order valence-electron chi connectivity index (χ2n) is 3.38. The summed E-state index contributed by atoms with van der Waals surface area (Å²) in [5, 5.41) is 11.7. The van der Waals surface area contributed by atoms with Gasteiger partial charge in [0.05, 0.1) is 6.33 Å². The predicted octanol–water partition coefficient (Wildman–Crippen LogP) is 1.03. The summed E-state index contributed by atoms with van der Waals surface area (Å²) in [5.41, 5.74) is 7.32. The number of rotatable bonds is 3. The molecule has 5 nitrogen and oxygen atoms in total. The lowest BCUT2D eigenvalue weighted by Gasteiger charge is -2.08. The highest BCUT2D eigenvalue weighted by molar-refractivity contribution is 5.98. The van der Waals surface area contributed by atoms with Gasteiger partial charge in [-0.2, -0.15) is 0 Å². The van der Waals surface area contributed by atoms with Gasteiger partial charge in [0.15, 0.2) is 5.84 Å². The van der Waals surface area contributed by atoms with Crippen LogP contribution in [0, 0.1) is 0 Å². The molecule has 16 heavy (non-hydrogen) atoms. The summed E-state index contributed by atoms with van der Waals surface area (Å²) >= 11 is 0. The third-order valence-electron chi connectivity index (χ3n) is 2.31. The van der Waals surface area contributed by atoms with Crippen molar-refractivity contribution in [1.29, 1.82) is 0 Å². The van der Waals surface area contributed by atoms with Crippen molar-refractivity contribution in [2.24, 2.45) is 10.9 Å². The molecule has 0 bridgehead atoms. The molecule has 2 rings (SSSR count). The molecule has 0 atom stereocenters. The molecule has 0 saturated heterocycles. The van der Waals surface area contributed by atoms with E-state index < -0.39 is 0 Å². The van der Waals surface area contributed by atoms with Crippen LogP contribution in [0.1, 0.15) is 11.1 Å². The fourth-order valence-electron chi connectivity index (χ4n) is 1.54. The van der Waals surface area contributed by atoms with Crippen LogP contribution >= 0.6 is 0 Å². The van der Waals surface area contributed by atoms with E-state index in [1.54, 1.807) is 12.5 Å². The van der Waals surface area contributed by atoms with Crippen molar-refractivity contribution in [3.05, 3.63) is 54.1 Å². The Labute approximate surface area is 92.8 Å². The van der Waals surface area contributed by atoms with E-state index in [2.05, 4.69) is 10.1 Å². The zero-order valence-corrected chi connectivity index (χ0v) is 8.61. The van der Waals surface area contributed by atoms with Crippen LogP contribution in [0.3, 0.4) is 0 Å². The van der Waals surface area contributed by atoms with Crippen LogP contribution in [0.25, 0.3) is 0 Å². The van der Waals surface area contributed by atoms with Crippen LogP contribution in [0.15, 0.2) is 48.1 Å². The molecule has 0 aliphatic carbocycles. The Hall–Kier alpha value is -2.30. The van der Waals surface area contributed by atoms with Crippen molar-refractivity contribution >= 4 is 5.84 Å². The SMILES string of the molecule is N/C(=N\O)c1ccccc1Cn1ccnc1. The third-order valence-corrected chi connectivity index (χ3v) is 2.31. The number of nitrogens with zero attached hydrogens (tertiary/aromatic N) is 3. The second-order valence-corrected chi connectivity index (χ2v) is 3.38. The highest BCUT2D eigenvalue weighted by atomic mass is 16.4. The number of hydrogen-bond acceptors (Lipinski definition) is 3. The first kappa shape index (κ1) is 10.2. The maximum absolute atomic E-state index is 8.68. The topological polar surface area (TPSA) is 76.4 Å². The Morgan fingerprint density at radius 1 is 1.44 bits per heavy atom. The van der Waals surface area contributed by atoms with Gasteiger partial charge in [0.2, 0.25) is 0 Å². The van der Waals surface area contributed by atoms with E-state index in [9.17, 15) is 0 Å². The molecular formula is C11H12N4O. The van der Waals surface area contributed by atoms with E-state index in [0.29, 0.717) is 6.54 Å². The average molecular weight is 216 g/mol. The normalized spacial score (nSPS) is 11.6. The maximum atomic E-state index is 8.68. The molecule has 5 heteroatoms. The van der Waals surface area contributed by atoms with Gasteiger partial charge in [0.25, 0.3) is 0 Å². The molecule has 0 amide bonds. The Morgan fingerprint density at radius 3 is 2.94 bits per heavy atom. The van der Waals surface area contributed by atoms with Crippen LogP contribution in [-0.2, 0) is 6.54 Å². The molecule has 0 spiro atoms. The van der Waals surface area contributed by atoms with Crippen molar-refractivity contribution in [1.82, 2.24) is 9.55 Å². The van der Waals surface area contributed by atoms with E-state index in [1.165, 1.54) is 0 Å². The summed E-state index contributed by atoms with van der Waals surface area (Å²) in [6.07, 6.45) is 5.30. The summed E-state index contributed by atoms with van der Waals surface area (Å²) in [7, 11) is 0. The number of oxime groups is 1. The zero-order valence-electron chi connectivity index (χ0n) is 8.61. The van der Waals surface area contributed by atoms with Crippen molar-refractivity contribution in [3.8, 4) is 0 Å². The van der Waals surface area contributed by atoms with Gasteiger partial charge in [-0.25, -0.2) is 4.98 Å². The first-order valence-corrected chi connectivity index (χ1v) is 4.83. The molecule has 0 aliphatic rings. The largest absolute Gasteiger partial charge is 0.409 e. The van der Waals surface area contributed by atoms with Crippen molar-refractivity contribution < 1.29 is 5.21 Å². The van der Waals surface area contributed by atoms with E-state index >= 15 is 0 Å². The number of imidazole rings is 1. The van der Waals surface area contributed by atoms with Gasteiger partial charge in [-0.05, 0) is 5.56 Å². The Balaban J connectivity index is 2.34. The third kappa shape index (κ3) is 2.03. The Bertz CT molecular complexity index is 490. The lowest BCUT2D eigenvalue weighted by molar-refractivity contribution is 0.318. The van der Waals surface area contributed by atoms with E-state index in [0.717, 1.165) is 11.1 Å². The molecule has 3 N–H and O–H groups in total. The van der Waals surface area contributed by atoms with Gasteiger partial charge in [-0.1, -0.05) is 29.4 Å². The van der Waals surface area contributed by atoms with Crippen LogP contribution in [0.5, 0.6) is 0 Å². The van der Waals surface area contributed by atoms with Crippen molar-refractivity contribution in [2.75, 3.05) is 0 Å². The standard InChI is InChI=1S/C11H12N4O/c12-11(14-16)10-4-2-1-3-9(10)7-15-6-5-13-8-15/h1-6,8,16H,7H2,(H2,12,14). The number of amidine groups is 1. The summed E-state index contributed by atoms with van der Waals surface area (Å²) in [5.74, 6) is 0.121. The Kier molecular flexibility index (Phi) is 2.86. The van der Waals surface area contributed by atoms with Gasteiger partial charge in [-0.15, -0.1) is 0 Å². The average Bonchev–Trinajstić information content (AvgIpc) is 2.82. The van der Waals surface area contributed by atoms with Crippen molar-refractivity contribution in [3.63, 3.8) is 0 Å². The number of aromatic nitrogens is 2. The van der Waals surface area contributed by atoms with Gasteiger partial charge < -0.3 is 15.5 Å². The fraction of sp³-hybridized carbons (Fsp3) is 0.0909. The molecule has 2 aromatic rings. The molecular weight excluding hydrogens is 204 g/mol. The molecule has 82 valence electrons. The molecule has 1 aromatic carbocycles. The summed E-state index contributed by atoms with van der Waals surface area (Å²) in [6, 6.07) is 7.53. The smallest absolute Gasteiger partial charge is 0.170 e. The summed E-state index contributed by atoms with van der Waals surface area (Å²) in [6.45, 7) is 0.645. The quantitative estimate of drug-likeness (QED) is 0.348. The lowest BCUT2D eigenvalue weighted by Crippen LogP contribution is -2.16. The zero-order chi connectivity index (χ0) is 11.4. The van der Waals surface area contributed by atoms with Crippen LogP contribution in [0.4, 0.5) is 0 Å². The van der Waals surface area contributed by atoms with Gasteiger partial charge in [0.1, 0.15) is 0 Å². The highest BCUT2D eigenvalue weighted by Crippen LogP contribution is 2.10.